The maximum Gasteiger partial charge on any atom is 0.276 e. The SMILES string of the molecule is COc1ccccc1NC(N)=NCCc1noc(-c2ccccn2)n1. The van der Waals surface area contributed by atoms with Gasteiger partial charge in [0, 0.05) is 19.2 Å². The molecule has 0 unspecified atom stereocenters. The number of anilines is 1. The van der Waals surface area contributed by atoms with Crippen LogP contribution in [0.3, 0.4) is 0 Å². The van der Waals surface area contributed by atoms with Crippen LogP contribution >= 0.6 is 0 Å². The van der Waals surface area contributed by atoms with Crippen LogP contribution in [0.4, 0.5) is 5.69 Å². The van der Waals surface area contributed by atoms with Gasteiger partial charge < -0.3 is 20.3 Å². The Bertz CT molecular complexity index is 847. The maximum atomic E-state index is 5.90. The molecule has 0 bridgehead atoms. The number of hydrogen-bond acceptors (Lipinski definition) is 6. The summed E-state index contributed by atoms with van der Waals surface area (Å²) in [5.41, 5.74) is 7.29. The van der Waals surface area contributed by atoms with Crippen molar-refractivity contribution in [3.63, 3.8) is 0 Å². The number of guanidine groups is 1. The van der Waals surface area contributed by atoms with Crippen LogP contribution in [0.15, 0.2) is 58.2 Å². The molecular formula is C17H18N6O2. The van der Waals surface area contributed by atoms with Gasteiger partial charge in [-0.25, -0.2) is 0 Å². The Balaban J connectivity index is 1.57. The van der Waals surface area contributed by atoms with Crippen molar-refractivity contribution >= 4 is 11.6 Å². The Hall–Kier alpha value is -3.42. The standard InChI is InChI=1S/C17H18N6O2/c1-24-14-8-3-2-6-12(14)21-17(18)20-11-9-15-22-16(25-23-15)13-7-4-5-10-19-13/h2-8,10H,9,11H2,1H3,(H3,18,20,21). The number of hydrogen-bond donors (Lipinski definition) is 2. The summed E-state index contributed by atoms with van der Waals surface area (Å²) in [6.45, 7) is 0.426. The van der Waals surface area contributed by atoms with E-state index in [9.17, 15) is 0 Å². The van der Waals surface area contributed by atoms with Crippen molar-refractivity contribution in [2.75, 3.05) is 19.0 Å². The first-order valence-corrected chi connectivity index (χ1v) is 7.70. The summed E-state index contributed by atoms with van der Waals surface area (Å²) in [7, 11) is 1.60. The molecule has 0 saturated heterocycles. The zero-order valence-electron chi connectivity index (χ0n) is 13.7. The van der Waals surface area contributed by atoms with E-state index in [-0.39, 0.29) is 5.96 Å². The lowest BCUT2D eigenvalue weighted by Gasteiger charge is -2.09. The highest BCUT2D eigenvalue weighted by atomic mass is 16.5. The van der Waals surface area contributed by atoms with Gasteiger partial charge in [-0.15, -0.1) is 0 Å². The first-order valence-electron chi connectivity index (χ1n) is 7.70. The number of nitrogens with one attached hydrogen (secondary N) is 1. The van der Waals surface area contributed by atoms with Crippen LogP contribution in [-0.4, -0.2) is 34.7 Å². The molecule has 8 nitrogen and oxygen atoms in total. The highest BCUT2D eigenvalue weighted by Gasteiger charge is 2.09. The second kappa shape index (κ2) is 7.91. The van der Waals surface area contributed by atoms with Crippen molar-refractivity contribution in [1.82, 2.24) is 15.1 Å². The first-order chi connectivity index (χ1) is 12.3. The molecule has 0 aliphatic heterocycles. The number of aromatic nitrogens is 3. The van der Waals surface area contributed by atoms with E-state index in [1.54, 1.807) is 13.3 Å². The molecule has 0 atom stereocenters. The topological polar surface area (TPSA) is 111 Å². The van der Waals surface area contributed by atoms with E-state index in [0.29, 0.717) is 36.1 Å². The van der Waals surface area contributed by atoms with Crippen LogP contribution in [-0.2, 0) is 6.42 Å². The van der Waals surface area contributed by atoms with E-state index in [1.165, 1.54) is 0 Å². The van der Waals surface area contributed by atoms with Crippen LogP contribution in [0.5, 0.6) is 5.75 Å². The van der Waals surface area contributed by atoms with Crippen LogP contribution in [0.1, 0.15) is 5.82 Å². The van der Waals surface area contributed by atoms with Crippen molar-refractivity contribution in [2.45, 2.75) is 6.42 Å². The second-order valence-corrected chi connectivity index (χ2v) is 5.07. The molecule has 3 aromatic rings. The van der Waals surface area contributed by atoms with Crippen LogP contribution in [0.2, 0.25) is 0 Å². The van der Waals surface area contributed by atoms with Gasteiger partial charge in [0.15, 0.2) is 11.8 Å². The van der Waals surface area contributed by atoms with Crippen LogP contribution in [0.25, 0.3) is 11.6 Å². The molecule has 2 heterocycles. The van der Waals surface area contributed by atoms with Gasteiger partial charge in [0.2, 0.25) is 0 Å². The monoisotopic (exact) mass is 338 g/mol. The molecule has 2 aromatic heterocycles. The predicted octanol–water partition coefficient (Wildman–Crippen LogP) is 2.11. The van der Waals surface area contributed by atoms with Gasteiger partial charge in [-0.05, 0) is 24.3 Å². The van der Waals surface area contributed by atoms with Crippen molar-refractivity contribution in [3.8, 4) is 17.3 Å². The lowest BCUT2D eigenvalue weighted by atomic mass is 10.3. The molecule has 0 fully saturated rings. The molecule has 0 spiro atoms. The fourth-order valence-corrected chi connectivity index (χ4v) is 2.15. The number of rotatable bonds is 6. The third-order valence-corrected chi connectivity index (χ3v) is 3.34. The Kier molecular flexibility index (Phi) is 5.20. The average molecular weight is 338 g/mol. The summed E-state index contributed by atoms with van der Waals surface area (Å²) in [4.78, 5) is 12.7. The number of para-hydroxylation sites is 2. The molecule has 3 N–H and O–H groups in total. The van der Waals surface area contributed by atoms with E-state index in [2.05, 4.69) is 25.4 Å². The summed E-state index contributed by atoms with van der Waals surface area (Å²) >= 11 is 0. The second-order valence-electron chi connectivity index (χ2n) is 5.07. The molecule has 0 aliphatic carbocycles. The number of benzene rings is 1. The number of ether oxygens (including phenoxy) is 1. The highest BCUT2D eigenvalue weighted by molar-refractivity contribution is 5.93. The summed E-state index contributed by atoms with van der Waals surface area (Å²) in [6.07, 6.45) is 2.18. The molecule has 8 heteroatoms. The number of nitrogens with zero attached hydrogens (tertiary/aromatic N) is 4. The highest BCUT2D eigenvalue weighted by Crippen LogP contribution is 2.22. The van der Waals surface area contributed by atoms with Crippen LogP contribution < -0.4 is 15.8 Å². The summed E-state index contributed by atoms with van der Waals surface area (Å²) in [5.74, 6) is 1.92. The Morgan fingerprint density at radius 2 is 2.08 bits per heavy atom. The lowest BCUT2D eigenvalue weighted by Crippen LogP contribution is -2.23. The van der Waals surface area contributed by atoms with E-state index in [1.807, 2.05) is 42.5 Å². The summed E-state index contributed by atoms with van der Waals surface area (Å²) in [5, 5.41) is 6.93. The van der Waals surface area contributed by atoms with Crippen LogP contribution in [0, 0.1) is 0 Å². The number of nitrogens with two attached hydrogens (primary N) is 1. The zero-order valence-corrected chi connectivity index (χ0v) is 13.7. The van der Waals surface area contributed by atoms with E-state index < -0.39 is 0 Å². The third kappa shape index (κ3) is 4.31. The summed E-state index contributed by atoms with van der Waals surface area (Å²) < 4.78 is 10.5. The number of pyridine rings is 1. The van der Waals surface area contributed by atoms with Crippen molar-refractivity contribution in [3.05, 3.63) is 54.5 Å². The van der Waals surface area contributed by atoms with Gasteiger partial charge >= 0.3 is 0 Å². The molecule has 0 radical (unpaired) electrons. The van der Waals surface area contributed by atoms with E-state index in [0.717, 1.165) is 5.69 Å². The van der Waals surface area contributed by atoms with E-state index >= 15 is 0 Å². The average Bonchev–Trinajstić information content (AvgIpc) is 3.12. The predicted molar refractivity (Wildman–Crippen MR) is 94.3 cm³/mol. The minimum Gasteiger partial charge on any atom is -0.495 e. The molecule has 25 heavy (non-hydrogen) atoms. The van der Waals surface area contributed by atoms with Gasteiger partial charge in [-0.2, -0.15) is 4.98 Å². The number of methoxy groups -OCH3 is 1. The van der Waals surface area contributed by atoms with Crippen molar-refractivity contribution in [2.24, 2.45) is 10.7 Å². The fraction of sp³-hybridized carbons (Fsp3) is 0.176. The summed E-state index contributed by atoms with van der Waals surface area (Å²) in [6, 6.07) is 13.0. The molecule has 1 aromatic carbocycles. The third-order valence-electron chi connectivity index (χ3n) is 3.34. The first kappa shape index (κ1) is 16.4. The Morgan fingerprint density at radius 3 is 2.88 bits per heavy atom. The normalized spacial score (nSPS) is 11.3. The largest absolute Gasteiger partial charge is 0.495 e. The zero-order chi connectivity index (χ0) is 17.5. The van der Waals surface area contributed by atoms with Crippen molar-refractivity contribution in [1.29, 1.82) is 0 Å². The maximum absolute atomic E-state index is 5.90. The minimum absolute atomic E-state index is 0.290. The Morgan fingerprint density at radius 1 is 1.24 bits per heavy atom. The molecule has 3 rings (SSSR count). The Labute approximate surface area is 144 Å². The van der Waals surface area contributed by atoms with Gasteiger partial charge in [0.1, 0.15) is 11.4 Å². The molecule has 0 amide bonds. The molecule has 128 valence electrons. The molecule has 0 aliphatic rings. The fourth-order valence-electron chi connectivity index (χ4n) is 2.15. The van der Waals surface area contributed by atoms with Gasteiger partial charge in [-0.3, -0.25) is 9.98 Å². The number of aliphatic imine (C=N–C) groups is 1. The van der Waals surface area contributed by atoms with Gasteiger partial charge in [-0.1, -0.05) is 23.4 Å². The lowest BCUT2D eigenvalue weighted by molar-refractivity contribution is 0.417. The molecular weight excluding hydrogens is 320 g/mol. The van der Waals surface area contributed by atoms with Crippen molar-refractivity contribution < 1.29 is 9.26 Å². The van der Waals surface area contributed by atoms with Gasteiger partial charge in [0.05, 0.1) is 12.8 Å². The quantitative estimate of drug-likeness (QED) is 0.523. The minimum atomic E-state index is 0.290. The van der Waals surface area contributed by atoms with Gasteiger partial charge in [0.25, 0.3) is 5.89 Å². The smallest absolute Gasteiger partial charge is 0.276 e. The van der Waals surface area contributed by atoms with E-state index in [4.69, 9.17) is 15.0 Å². The molecule has 0 saturated carbocycles.